The van der Waals surface area contributed by atoms with Crippen molar-refractivity contribution in [2.24, 2.45) is 0 Å². The minimum Gasteiger partial charge on any atom is -0.487 e. The third-order valence-electron chi connectivity index (χ3n) is 3.15. The van der Waals surface area contributed by atoms with Gasteiger partial charge in [-0.3, -0.25) is 9.36 Å². The van der Waals surface area contributed by atoms with Gasteiger partial charge in [0.05, 0.1) is 18.2 Å². The highest BCUT2D eigenvalue weighted by Crippen LogP contribution is 2.25. The fourth-order valence-corrected chi connectivity index (χ4v) is 2.03. The second kappa shape index (κ2) is 6.75. The number of aryl methyl sites for hydroxylation is 1. The zero-order chi connectivity index (χ0) is 17.0. The van der Waals surface area contributed by atoms with E-state index in [1.807, 2.05) is 13.0 Å². The number of nitriles is 1. The highest BCUT2D eigenvalue weighted by Gasteiger charge is 2.16. The van der Waals surface area contributed by atoms with Crippen molar-refractivity contribution in [1.29, 1.82) is 5.26 Å². The van der Waals surface area contributed by atoms with Gasteiger partial charge in [-0.2, -0.15) is 5.26 Å². The van der Waals surface area contributed by atoms with Crippen molar-refractivity contribution in [2.75, 3.05) is 0 Å². The number of hydrogen-bond donors (Lipinski definition) is 1. The Morgan fingerprint density at radius 3 is 2.91 bits per heavy atom. The lowest BCUT2D eigenvalue weighted by Gasteiger charge is -2.17. The molecule has 1 aromatic carbocycles. The van der Waals surface area contributed by atoms with Crippen molar-refractivity contribution in [2.45, 2.75) is 26.4 Å². The molecule has 0 saturated heterocycles. The van der Waals surface area contributed by atoms with Gasteiger partial charge >= 0.3 is 5.97 Å². The second-order valence-corrected chi connectivity index (χ2v) is 5.05. The average molecular weight is 313 g/mol. The quantitative estimate of drug-likeness (QED) is 0.904. The van der Waals surface area contributed by atoms with Gasteiger partial charge in [0, 0.05) is 6.20 Å². The number of carboxylic acids is 1. The van der Waals surface area contributed by atoms with E-state index in [1.54, 1.807) is 25.1 Å². The maximum absolute atomic E-state index is 12.3. The van der Waals surface area contributed by atoms with Crippen LogP contribution in [0.2, 0.25) is 0 Å². The van der Waals surface area contributed by atoms with Crippen molar-refractivity contribution in [3.05, 3.63) is 52.2 Å². The van der Waals surface area contributed by atoms with Gasteiger partial charge in [0.15, 0.2) is 0 Å². The number of aromatic nitrogens is 2. The largest absolute Gasteiger partial charge is 0.487 e. The maximum atomic E-state index is 12.3. The SMILES string of the molecule is Cc1ccc(-n2cncc(C(=O)O)c2=O)c(OC(C)CC#N)c1. The first kappa shape index (κ1) is 16.2. The Balaban J connectivity index is 2.56. The van der Waals surface area contributed by atoms with E-state index in [4.69, 9.17) is 15.1 Å². The van der Waals surface area contributed by atoms with Crippen LogP contribution >= 0.6 is 0 Å². The Bertz CT molecular complexity index is 836. The predicted molar refractivity (Wildman–Crippen MR) is 81.9 cm³/mol. The van der Waals surface area contributed by atoms with Gasteiger partial charge in [0.25, 0.3) is 5.56 Å². The van der Waals surface area contributed by atoms with Crippen LogP contribution in [-0.4, -0.2) is 26.7 Å². The minimum atomic E-state index is -1.34. The summed E-state index contributed by atoms with van der Waals surface area (Å²) in [6, 6.07) is 7.16. The van der Waals surface area contributed by atoms with Gasteiger partial charge in [-0.15, -0.1) is 0 Å². The normalized spacial score (nSPS) is 11.5. The van der Waals surface area contributed by atoms with Crippen molar-refractivity contribution in [1.82, 2.24) is 9.55 Å². The zero-order valence-electron chi connectivity index (χ0n) is 12.7. The first-order valence-corrected chi connectivity index (χ1v) is 6.88. The van der Waals surface area contributed by atoms with Crippen LogP contribution in [0.4, 0.5) is 0 Å². The van der Waals surface area contributed by atoms with E-state index in [1.165, 1.54) is 6.33 Å². The van der Waals surface area contributed by atoms with Gasteiger partial charge in [-0.05, 0) is 31.5 Å². The molecule has 0 radical (unpaired) electrons. The molecule has 118 valence electrons. The molecule has 23 heavy (non-hydrogen) atoms. The van der Waals surface area contributed by atoms with E-state index in [2.05, 4.69) is 4.98 Å². The summed E-state index contributed by atoms with van der Waals surface area (Å²) in [5.41, 5.74) is 0.155. The Kier molecular flexibility index (Phi) is 4.76. The summed E-state index contributed by atoms with van der Waals surface area (Å²) in [5.74, 6) is -0.955. The molecular weight excluding hydrogens is 298 g/mol. The molecule has 0 aliphatic rings. The van der Waals surface area contributed by atoms with E-state index in [-0.39, 0.29) is 12.5 Å². The molecule has 0 spiro atoms. The van der Waals surface area contributed by atoms with Crippen LogP contribution in [0.5, 0.6) is 5.75 Å². The zero-order valence-corrected chi connectivity index (χ0v) is 12.7. The number of nitrogens with zero attached hydrogens (tertiary/aromatic N) is 3. The molecule has 1 aromatic heterocycles. The van der Waals surface area contributed by atoms with Crippen LogP contribution < -0.4 is 10.3 Å². The molecule has 0 fully saturated rings. The van der Waals surface area contributed by atoms with E-state index in [0.717, 1.165) is 16.3 Å². The Labute approximate surface area is 132 Å². The van der Waals surface area contributed by atoms with E-state index >= 15 is 0 Å². The average Bonchev–Trinajstić information content (AvgIpc) is 2.48. The highest BCUT2D eigenvalue weighted by atomic mass is 16.5. The summed E-state index contributed by atoms with van der Waals surface area (Å²) in [6.45, 7) is 3.60. The molecule has 2 aromatic rings. The molecule has 0 aliphatic carbocycles. The molecule has 1 atom stereocenters. The molecule has 0 saturated carbocycles. The summed E-state index contributed by atoms with van der Waals surface area (Å²) >= 11 is 0. The first-order chi connectivity index (χ1) is 10.9. The van der Waals surface area contributed by atoms with Crippen LogP contribution in [0.1, 0.15) is 29.3 Å². The number of carboxylic acid groups (broad SMARTS) is 1. The lowest BCUT2D eigenvalue weighted by molar-refractivity contribution is 0.0694. The van der Waals surface area contributed by atoms with Crippen molar-refractivity contribution in [3.63, 3.8) is 0 Å². The number of ether oxygens (including phenoxy) is 1. The van der Waals surface area contributed by atoms with Gasteiger partial charge in [0.1, 0.15) is 23.7 Å². The third kappa shape index (κ3) is 3.55. The van der Waals surface area contributed by atoms with Gasteiger partial charge in [0.2, 0.25) is 0 Å². The fourth-order valence-electron chi connectivity index (χ4n) is 2.03. The maximum Gasteiger partial charge on any atom is 0.342 e. The molecular formula is C16H15N3O4. The van der Waals surface area contributed by atoms with Crippen molar-refractivity contribution in [3.8, 4) is 17.5 Å². The molecule has 7 nitrogen and oxygen atoms in total. The summed E-state index contributed by atoms with van der Waals surface area (Å²) < 4.78 is 6.84. The number of carbonyl (C=O) groups is 1. The van der Waals surface area contributed by atoms with Crippen LogP contribution in [0, 0.1) is 18.3 Å². The lowest BCUT2D eigenvalue weighted by atomic mass is 10.2. The standard InChI is InChI=1S/C16H15N3O4/c1-10-3-4-13(14(7-10)23-11(2)5-6-17)19-9-18-8-12(15(19)20)16(21)22/h3-4,7-9,11H,5H2,1-2H3,(H,21,22). The van der Waals surface area contributed by atoms with Crippen LogP contribution in [0.3, 0.4) is 0 Å². The van der Waals surface area contributed by atoms with Crippen molar-refractivity contribution < 1.29 is 14.6 Å². The summed E-state index contributed by atoms with van der Waals surface area (Å²) in [7, 11) is 0. The Hall–Kier alpha value is -3.14. The highest BCUT2D eigenvalue weighted by molar-refractivity contribution is 5.86. The molecule has 7 heteroatoms. The smallest absolute Gasteiger partial charge is 0.342 e. The molecule has 1 unspecified atom stereocenters. The molecule has 2 rings (SSSR count). The van der Waals surface area contributed by atoms with E-state index in [0.29, 0.717) is 11.4 Å². The van der Waals surface area contributed by atoms with Crippen LogP contribution in [0.15, 0.2) is 35.5 Å². The lowest BCUT2D eigenvalue weighted by Crippen LogP contribution is -2.26. The van der Waals surface area contributed by atoms with E-state index in [9.17, 15) is 9.59 Å². The molecule has 0 aliphatic heterocycles. The molecule has 0 bridgehead atoms. The van der Waals surface area contributed by atoms with Gasteiger partial charge in [-0.1, -0.05) is 6.07 Å². The van der Waals surface area contributed by atoms with Gasteiger partial charge < -0.3 is 9.84 Å². The number of rotatable bonds is 5. The van der Waals surface area contributed by atoms with Crippen LogP contribution in [-0.2, 0) is 0 Å². The summed E-state index contributed by atoms with van der Waals surface area (Å²) in [5, 5.41) is 17.8. The van der Waals surface area contributed by atoms with Crippen molar-refractivity contribution >= 4 is 5.97 Å². The molecule has 1 heterocycles. The number of benzene rings is 1. The topological polar surface area (TPSA) is 105 Å². The van der Waals surface area contributed by atoms with Crippen LogP contribution in [0.25, 0.3) is 5.69 Å². The summed E-state index contributed by atoms with van der Waals surface area (Å²) in [6.07, 6.45) is 2.07. The Morgan fingerprint density at radius 2 is 2.26 bits per heavy atom. The minimum absolute atomic E-state index is 0.190. The first-order valence-electron chi connectivity index (χ1n) is 6.88. The van der Waals surface area contributed by atoms with E-state index < -0.39 is 17.1 Å². The fraction of sp³-hybridized carbons (Fsp3) is 0.250. The number of aromatic carboxylic acids is 1. The molecule has 0 amide bonds. The Morgan fingerprint density at radius 1 is 1.52 bits per heavy atom. The van der Waals surface area contributed by atoms with Gasteiger partial charge in [-0.25, -0.2) is 9.78 Å². The predicted octanol–water partition coefficient (Wildman–Crippen LogP) is 1.92. The number of hydrogen-bond acceptors (Lipinski definition) is 5. The monoisotopic (exact) mass is 313 g/mol. The second-order valence-electron chi connectivity index (χ2n) is 5.05. The summed E-state index contributed by atoms with van der Waals surface area (Å²) in [4.78, 5) is 27.2. The third-order valence-corrected chi connectivity index (χ3v) is 3.15. The molecule has 1 N–H and O–H groups in total.